The van der Waals surface area contributed by atoms with Crippen LogP contribution in [-0.2, 0) is 11.3 Å². The molecule has 0 aliphatic heterocycles. The molecule has 0 saturated heterocycles. The first-order valence-corrected chi connectivity index (χ1v) is 13.1. The Morgan fingerprint density at radius 3 is 2.29 bits per heavy atom. The molecule has 12 heteroatoms. The predicted octanol–water partition coefficient (Wildman–Crippen LogP) is 3.55. The van der Waals surface area contributed by atoms with Crippen molar-refractivity contribution in [2.45, 2.75) is 12.6 Å². The van der Waals surface area contributed by atoms with E-state index in [2.05, 4.69) is 9.69 Å². The number of amides is 3. The van der Waals surface area contributed by atoms with Gasteiger partial charge in [-0.3, -0.25) is 19.3 Å². The number of carbonyl (C=O) groups is 3. The number of carbonyl (C=O) groups excluding carboxylic acids is 3. The fraction of sp³-hybridized carbons (Fsp3) is 0.172. The third-order valence-corrected chi connectivity index (χ3v) is 7.10. The Morgan fingerprint density at radius 2 is 1.66 bits per heavy atom. The van der Waals surface area contributed by atoms with Crippen LogP contribution in [0.4, 0.5) is 11.4 Å². The van der Waals surface area contributed by atoms with Gasteiger partial charge in [0.05, 0.1) is 27.0 Å². The summed E-state index contributed by atoms with van der Waals surface area (Å²) in [5.74, 6) is -0.784. The average molecular weight is 576 g/mol. The normalized spacial score (nSPS) is 11.3. The standard InChI is InChI=1S/C29H29N5O6S/c1-38-20-11-7-10-19(15-20)34(29(37)26-23(30)24(27(31)35)33-41-26)25(18-12-13-21(39-2)22(14-18)40-3)28(36)32-16-17-8-5-4-6-9-17/h4-15,25H,16,30H2,1-3H3,(H2,31,35)(H,32,36)/t25-/m1/s1. The number of methoxy groups -OCH3 is 3. The molecule has 0 saturated carbocycles. The maximum Gasteiger partial charge on any atom is 0.273 e. The summed E-state index contributed by atoms with van der Waals surface area (Å²) in [6.07, 6.45) is 0. The molecule has 5 N–H and O–H groups in total. The van der Waals surface area contributed by atoms with Gasteiger partial charge in [-0.25, -0.2) is 0 Å². The van der Waals surface area contributed by atoms with Crippen LogP contribution in [0.15, 0.2) is 72.8 Å². The lowest BCUT2D eigenvalue weighted by Crippen LogP contribution is -2.44. The third kappa shape index (κ3) is 6.23. The largest absolute Gasteiger partial charge is 0.497 e. The fourth-order valence-corrected chi connectivity index (χ4v) is 4.95. The van der Waals surface area contributed by atoms with Crippen molar-refractivity contribution in [2.24, 2.45) is 5.73 Å². The second-order valence-corrected chi connectivity index (χ2v) is 9.51. The summed E-state index contributed by atoms with van der Waals surface area (Å²) in [5.41, 5.74) is 12.8. The van der Waals surface area contributed by atoms with Crippen molar-refractivity contribution in [1.82, 2.24) is 9.69 Å². The topological polar surface area (TPSA) is 159 Å². The van der Waals surface area contributed by atoms with E-state index in [9.17, 15) is 14.4 Å². The van der Waals surface area contributed by atoms with E-state index in [-0.39, 0.29) is 22.8 Å². The summed E-state index contributed by atoms with van der Waals surface area (Å²) < 4.78 is 20.3. The van der Waals surface area contributed by atoms with Crippen LogP contribution in [-0.4, -0.2) is 43.4 Å². The molecule has 0 fully saturated rings. The molecule has 0 bridgehead atoms. The molecule has 4 rings (SSSR count). The van der Waals surface area contributed by atoms with Crippen LogP contribution in [0.25, 0.3) is 0 Å². The van der Waals surface area contributed by atoms with Crippen molar-refractivity contribution in [1.29, 1.82) is 0 Å². The van der Waals surface area contributed by atoms with Gasteiger partial charge >= 0.3 is 0 Å². The highest BCUT2D eigenvalue weighted by atomic mass is 32.1. The van der Waals surface area contributed by atoms with Crippen molar-refractivity contribution in [2.75, 3.05) is 32.0 Å². The smallest absolute Gasteiger partial charge is 0.273 e. The Kier molecular flexibility index (Phi) is 9.05. The molecular formula is C29H29N5O6S. The van der Waals surface area contributed by atoms with Gasteiger partial charge in [0, 0.05) is 18.3 Å². The second-order valence-electron chi connectivity index (χ2n) is 8.74. The zero-order valence-corrected chi connectivity index (χ0v) is 23.4. The number of hydrogen-bond donors (Lipinski definition) is 3. The Bertz CT molecular complexity index is 1560. The molecule has 0 radical (unpaired) electrons. The first kappa shape index (κ1) is 28.9. The van der Waals surface area contributed by atoms with Gasteiger partial charge in [-0.15, -0.1) is 0 Å². The lowest BCUT2D eigenvalue weighted by Gasteiger charge is -2.31. The summed E-state index contributed by atoms with van der Waals surface area (Å²) in [6, 6.07) is 19.7. The van der Waals surface area contributed by atoms with Crippen LogP contribution in [0.1, 0.15) is 37.3 Å². The van der Waals surface area contributed by atoms with Crippen molar-refractivity contribution in [3.63, 3.8) is 0 Å². The van der Waals surface area contributed by atoms with Crippen molar-refractivity contribution in [3.05, 3.63) is 94.5 Å². The van der Waals surface area contributed by atoms with Gasteiger partial charge in [-0.2, -0.15) is 4.37 Å². The van der Waals surface area contributed by atoms with E-state index in [1.54, 1.807) is 42.5 Å². The van der Waals surface area contributed by atoms with Gasteiger partial charge in [0.25, 0.3) is 11.8 Å². The van der Waals surface area contributed by atoms with Gasteiger partial charge in [-0.05, 0) is 46.9 Å². The minimum Gasteiger partial charge on any atom is -0.497 e. The van der Waals surface area contributed by atoms with E-state index in [0.717, 1.165) is 17.1 Å². The van der Waals surface area contributed by atoms with E-state index in [1.807, 2.05) is 30.3 Å². The number of benzene rings is 3. The minimum absolute atomic E-state index is 0.0528. The molecule has 11 nitrogen and oxygen atoms in total. The number of primary amides is 1. The number of nitrogens with one attached hydrogen (secondary N) is 1. The number of aromatic nitrogens is 1. The molecule has 1 aromatic heterocycles. The molecular weight excluding hydrogens is 546 g/mol. The summed E-state index contributed by atoms with van der Waals surface area (Å²) in [7, 11) is 4.46. The molecule has 3 amide bonds. The number of nitrogens with zero attached hydrogens (tertiary/aromatic N) is 2. The highest BCUT2D eigenvalue weighted by molar-refractivity contribution is 7.09. The maximum absolute atomic E-state index is 14.3. The van der Waals surface area contributed by atoms with E-state index < -0.39 is 23.8 Å². The Morgan fingerprint density at radius 1 is 0.927 bits per heavy atom. The minimum atomic E-state index is -1.23. The number of nitrogens with two attached hydrogens (primary N) is 2. The maximum atomic E-state index is 14.3. The van der Waals surface area contributed by atoms with E-state index in [0.29, 0.717) is 28.5 Å². The Balaban J connectivity index is 1.89. The fourth-order valence-electron chi connectivity index (χ4n) is 4.20. The lowest BCUT2D eigenvalue weighted by molar-refractivity contribution is -0.122. The molecule has 0 spiro atoms. The molecule has 3 aromatic carbocycles. The zero-order chi connectivity index (χ0) is 29.5. The third-order valence-electron chi connectivity index (χ3n) is 6.25. The van der Waals surface area contributed by atoms with Crippen LogP contribution in [0, 0.1) is 0 Å². The number of ether oxygens (including phenoxy) is 3. The Labute approximate surface area is 240 Å². The molecule has 0 unspecified atom stereocenters. The lowest BCUT2D eigenvalue weighted by atomic mass is 10.0. The molecule has 0 aliphatic rings. The molecule has 41 heavy (non-hydrogen) atoms. The first-order chi connectivity index (χ1) is 19.8. The average Bonchev–Trinajstić information content (AvgIpc) is 3.39. The number of rotatable bonds is 11. The summed E-state index contributed by atoms with van der Waals surface area (Å²) >= 11 is 0.719. The number of anilines is 2. The number of nitrogen functional groups attached to an aromatic ring is 1. The van der Waals surface area contributed by atoms with E-state index in [1.165, 1.54) is 26.2 Å². The van der Waals surface area contributed by atoms with E-state index in [4.69, 9.17) is 25.7 Å². The van der Waals surface area contributed by atoms with Gasteiger partial charge in [0.2, 0.25) is 5.91 Å². The molecule has 0 aliphatic carbocycles. The van der Waals surface area contributed by atoms with Crippen molar-refractivity contribution >= 4 is 40.6 Å². The Hall–Kier alpha value is -5.10. The number of hydrogen-bond acceptors (Lipinski definition) is 9. The highest BCUT2D eigenvalue weighted by Gasteiger charge is 2.36. The SMILES string of the molecule is COc1cccc(N(C(=O)c2snc(C(N)=O)c2N)[C@@H](C(=O)NCc2ccccc2)c2ccc(OC)c(OC)c2)c1. The van der Waals surface area contributed by atoms with Crippen LogP contribution in [0.2, 0.25) is 0 Å². The van der Waals surface area contributed by atoms with Crippen LogP contribution >= 0.6 is 11.5 Å². The predicted molar refractivity (Wildman–Crippen MR) is 155 cm³/mol. The van der Waals surface area contributed by atoms with Crippen molar-refractivity contribution in [3.8, 4) is 17.2 Å². The summed E-state index contributed by atoms with van der Waals surface area (Å²) in [4.78, 5) is 41.4. The monoisotopic (exact) mass is 575 g/mol. The quantitative estimate of drug-likeness (QED) is 0.245. The molecule has 1 heterocycles. The van der Waals surface area contributed by atoms with Crippen LogP contribution in [0.5, 0.6) is 17.2 Å². The summed E-state index contributed by atoms with van der Waals surface area (Å²) in [5, 5.41) is 2.93. The zero-order valence-electron chi connectivity index (χ0n) is 22.6. The second kappa shape index (κ2) is 12.8. The van der Waals surface area contributed by atoms with Gasteiger partial charge in [-0.1, -0.05) is 42.5 Å². The van der Waals surface area contributed by atoms with Gasteiger partial charge in [0.15, 0.2) is 17.2 Å². The van der Waals surface area contributed by atoms with Crippen molar-refractivity contribution < 1.29 is 28.6 Å². The van der Waals surface area contributed by atoms with Gasteiger partial charge < -0.3 is 31.0 Å². The molecule has 1 atom stereocenters. The summed E-state index contributed by atoms with van der Waals surface area (Å²) in [6.45, 7) is 0.206. The molecule has 212 valence electrons. The highest BCUT2D eigenvalue weighted by Crippen LogP contribution is 2.37. The van der Waals surface area contributed by atoms with Crippen LogP contribution < -0.4 is 35.9 Å². The van der Waals surface area contributed by atoms with Crippen LogP contribution in [0.3, 0.4) is 0 Å². The van der Waals surface area contributed by atoms with Gasteiger partial charge in [0.1, 0.15) is 16.7 Å². The van der Waals surface area contributed by atoms with E-state index >= 15 is 0 Å². The first-order valence-electron chi connectivity index (χ1n) is 12.3. The molecule has 4 aromatic rings.